The van der Waals surface area contributed by atoms with Gasteiger partial charge in [-0.25, -0.2) is 14.6 Å². The third-order valence-corrected chi connectivity index (χ3v) is 1.64. The molecule has 1 aromatic carbocycles. The van der Waals surface area contributed by atoms with E-state index in [4.69, 9.17) is 5.84 Å². The standard InChI is InChI=1S/C7H6F2N2S.ClH/c8-4-1-2-6(9)5(3-4)7(12)11-10;/h1-3H,10H2,(H,11,12);1H. The number of hydrazine groups is 1. The molecule has 1 aromatic rings. The molecule has 3 N–H and O–H groups in total. The van der Waals surface area contributed by atoms with Gasteiger partial charge >= 0.3 is 0 Å². The smallest absolute Gasteiger partial charge is 0.133 e. The summed E-state index contributed by atoms with van der Waals surface area (Å²) in [7, 11) is 0. The van der Waals surface area contributed by atoms with Gasteiger partial charge in [-0.2, -0.15) is 0 Å². The van der Waals surface area contributed by atoms with Crippen LogP contribution < -0.4 is 11.3 Å². The first kappa shape index (κ1) is 12.2. The second-order valence-electron chi connectivity index (χ2n) is 2.10. The van der Waals surface area contributed by atoms with Crippen molar-refractivity contribution in [1.82, 2.24) is 5.43 Å². The molecule has 2 nitrogen and oxygen atoms in total. The van der Waals surface area contributed by atoms with Crippen LogP contribution in [0.3, 0.4) is 0 Å². The second kappa shape index (κ2) is 5.06. The van der Waals surface area contributed by atoms with Crippen LogP contribution in [0.25, 0.3) is 0 Å². The molecule has 0 aliphatic heterocycles. The second-order valence-corrected chi connectivity index (χ2v) is 2.51. The van der Waals surface area contributed by atoms with Gasteiger partial charge in [-0.1, -0.05) is 12.2 Å². The number of thiocarbonyl (C=S) groups is 1. The van der Waals surface area contributed by atoms with Gasteiger partial charge in [0.1, 0.15) is 16.6 Å². The highest BCUT2D eigenvalue weighted by Crippen LogP contribution is 2.09. The lowest BCUT2D eigenvalue weighted by Gasteiger charge is -2.03. The van der Waals surface area contributed by atoms with Crippen molar-refractivity contribution in [1.29, 1.82) is 0 Å². The van der Waals surface area contributed by atoms with Crippen LogP contribution in [-0.2, 0) is 0 Å². The average Bonchev–Trinajstić information content (AvgIpc) is 2.08. The first-order valence-corrected chi connectivity index (χ1v) is 3.52. The number of nitrogens with two attached hydrogens (primary N) is 1. The number of benzene rings is 1. The van der Waals surface area contributed by atoms with E-state index < -0.39 is 11.6 Å². The minimum Gasteiger partial charge on any atom is -0.314 e. The van der Waals surface area contributed by atoms with Gasteiger partial charge in [0.05, 0.1) is 0 Å². The third kappa shape index (κ3) is 2.87. The molecule has 0 aliphatic rings. The van der Waals surface area contributed by atoms with Gasteiger partial charge in [0, 0.05) is 5.56 Å². The Labute approximate surface area is 85.5 Å². The van der Waals surface area contributed by atoms with Crippen LogP contribution >= 0.6 is 24.6 Å². The van der Waals surface area contributed by atoms with Gasteiger partial charge in [-0.05, 0) is 18.2 Å². The molecule has 0 saturated heterocycles. The molecule has 13 heavy (non-hydrogen) atoms. The number of hydrogen-bond donors (Lipinski definition) is 2. The molecule has 72 valence electrons. The fourth-order valence-electron chi connectivity index (χ4n) is 0.749. The predicted molar refractivity (Wildman–Crippen MR) is 52.6 cm³/mol. The Morgan fingerprint density at radius 3 is 2.54 bits per heavy atom. The van der Waals surface area contributed by atoms with Crippen molar-refractivity contribution >= 4 is 29.6 Å². The van der Waals surface area contributed by atoms with E-state index in [1.165, 1.54) is 0 Å². The fourth-order valence-corrected chi connectivity index (χ4v) is 0.906. The van der Waals surface area contributed by atoms with Gasteiger partial charge in [0.25, 0.3) is 0 Å². The van der Waals surface area contributed by atoms with Crippen molar-refractivity contribution in [2.75, 3.05) is 0 Å². The maximum atomic E-state index is 12.9. The number of halogens is 3. The molecule has 0 amide bonds. The molecule has 0 spiro atoms. The Balaban J connectivity index is 0.00000144. The minimum atomic E-state index is -0.598. The van der Waals surface area contributed by atoms with Gasteiger partial charge in [-0.3, -0.25) is 0 Å². The monoisotopic (exact) mass is 224 g/mol. The fraction of sp³-hybridized carbons (Fsp3) is 0. The highest BCUT2D eigenvalue weighted by molar-refractivity contribution is 7.80. The Hall–Kier alpha value is -0.780. The average molecular weight is 225 g/mol. The lowest BCUT2D eigenvalue weighted by Crippen LogP contribution is -2.29. The van der Waals surface area contributed by atoms with Crippen molar-refractivity contribution in [3.8, 4) is 0 Å². The van der Waals surface area contributed by atoms with Crippen LogP contribution in [0.4, 0.5) is 8.78 Å². The molecule has 0 aromatic heterocycles. The van der Waals surface area contributed by atoms with Crippen LogP contribution in [-0.4, -0.2) is 4.99 Å². The first-order chi connectivity index (χ1) is 5.65. The van der Waals surface area contributed by atoms with Crippen LogP contribution in [0.15, 0.2) is 18.2 Å². The normalized spacial score (nSPS) is 8.85. The summed E-state index contributed by atoms with van der Waals surface area (Å²) >= 11 is 4.63. The summed E-state index contributed by atoms with van der Waals surface area (Å²) < 4.78 is 25.4. The summed E-state index contributed by atoms with van der Waals surface area (Å²) in [6, 6.07) is 2.99. The molecule has 0 bridgehead atoms. The molecule has 1 rings (SSSR count). The van der Waals surface area contributed by atoms with Gasteiger partial charge in [0.2, 0.25) is 0 Å². The van der Waals surface area contributed by atoms with E-state index in [1.54, 1.807) is 0 Å². The predicted octanol–water partition coefficient (Wildman–Crippen LogP) is 1.53. The van der Waals surface area contributed by atoms with Gasteiger partial charge in [0.15, 0.2) is 0 Å². The Bertz CT molecular complexity index is 319. The lowest BCUT2D eigenvalue weighted by molar-refractivity contribution is 0.597. The minimum absolute atomic E-state index is 0. The zero-order valence-corrected chi connectivity index (χ0v) is 8.01. The summed E-state index contributed by atoms with van der Waals surface area (Å²) in [6.07, 6.45) is 0. The summed E-state index contributed by atoms with van der Waals surface area (Å²) in [4.78, 5) is -0.0213. The van der Waals surface area contributed by atoms with Crippen molar-refractivity contribution in [3.05, 3.63) is 35.4 Å². The quantitative estimate of drug-likeness (QED) is 0.432. The van der Waals surface area contributed by atoms with Gasteiger partial charge < -0.3 is 5.43 Å². The topological polar surface area (TPSA) is 38.0 Å². The van der Waals surface area contributed by atoms with E-state index in [2.05, 4.69) is 17.6 Å². The zero-order chi connectivity index (χ0) is 9.14. The zero-order valence-electron chi connectivity index (χ0n) is 6.38. The van der Waals surface area contributed by atoms with E-state index in [0.29, 0.717) is 0 Å². The van der Waals surface area contributed by atoms with Crippen LogP contribution in [0, 0.1) is 11.6 Å². The molecule has 0 atom stereocenters. The molecule has 0 radical (unpaired) electrons. The molecule has 0 fully saturated rings. The van der Waals surface area contributed by atoms with E-state index in [-0.39, 0.29) is 23.0 Å². The SMILES string of the molecule is Cl.NNC(=S)c1cc(F)ccc1F. The van der Waals surface area contributed by atoms with E-state index in [0.717, 1.165) is 18.2 Å². The molecular weight excluding hydrogens is 218 g/mol. The molecule has 0 aliphatic carbocycles. The maximum absolute atomic E-state index is 12.9. The van der Waals surface area contributed by atoms with Crippen LogP contribution in [0.1, 0.15) is 5.56 Å². The third-order valence-electron chi connectivity index (χ3n) is 1.30. The Morgan fingerprint density at radius 2 is 2.00 bits per heavy atom. The molecule has 6 heteroatoms. The summed E-state index contributed by atoms with van der Waals surface area (Å²) in [6.45, 7) is 0. The van der Waals surface area contributed by atoms with E-state index in [1.807, 2.05) is 0 Å². The lowest BCUT2D eigenvalue weighted by atomic mass is 10.2. The molecule has 0 unspecified atom stereocenters. The highest BCUT2D eigenvalue weighted by atomic mass is 35.5. The van der Waals surface area contributed by atoms with Crippen LogP contribution in [0.2, 0.25) is 0 Å². The van der Waals surface area contributed by atoms with E-state index >= 15 is 0 Å². The van der Waals surface area contributed by atoms with Crippen molar-refractivity contribution in [3.63, 3.8) is 0 Å². The van der Waals surface area contributed by atoms with Crippen molar-refractivity contribution in [2.45, 2.75) is 0 Å². The highest BCUT2D eigenvalue weighted by Gasteiger charge is 2.07. The summed E-state index contributed by atoms with van der Waals surface area (Å²) in [5, 5.41) is 0. The van der Waals surface area contributed by atoms with Crippen molar-refractivity contribution in [2.24, 2.45) is 5.84 Å². The number of rotatable bonds is 1. The molecular formula is C7H7ClF2N2S. The van der Waals surface area contributed by atoms with Gasteiger partial charge in [-0.15, -0.1) is 12.4 Å². The number of nitrogens with one attached hydrogen (secondary N) is 1. The van der Waals surface area contributed by atoms with Crippen LogP contribution in [0.5, 0.6) is 0 Å². The Morgan fingerprint density at radius 1 is 1.38 bits per heavy atom. The summed E-state index contributed by atoms with van der Waals surface area (Å²) in [5.41, 5.74) is 2.04. The maximum Gasteiger partial charge on any atom is 0.133 e. The first-order valence-electron chi connectivity index (χ1n) is 3.11. The molecule has 0 heterocycles. The summed E-state index contributed by atoms with van der Waals surface area (Å²) in [5.74, 6) is 3.79. The molecule has 0 saturated carbocycles. The van der Waals surface area contributed by atoms with E-state index in [9.17, 15) is 8.78 Å². The van der Waals surface area contributed by atoms with Crippen molar-refractivity contribution < 1.29 is 8.78 Å². The Kier molecular flexibility index (Phi) is 4.76. The largest absolute Gasteiger partial charge is 0.314 e. The number of hydrogen-bond acceptors (Lipinski definition) is 2.